The Labute approximate surface area is 179 Å². The number of carbonyl (C=O) groups excluding carboxylic acids is 1. The molecule has 0 saturated heterocycles. The van der Waals surface area contributed by atoms with Crippen LogP contribution < -0.4 is 19.5 Å². The largest absolute Gasteiger partial charge is 0.493 e. The average molecular weight is 434 g/mol. The van der Waals surface area contributed by atoms with Crippen LogP contribution in [0.3, 0.4) is 0 Å². The van der Waals surface area contributed by atoms with E-state index in [2.05, 4.69) is 15.5 Å². The van der Waals surface area contributed by atoms with Gasteiger partial charge in [0.25, 0.3) is 5.91 Å². The molecule has 1 amide bonds. The molecule has 0 fully saturated rings. The third kappa shape index (κ3) is 5.24. The van der Waals surface area contributed by atoms with Crippen LogP contribution in [0.4, 0.5) is 0 Å². The van der Waals surface area contributed by atoms with Gasteiger partial charge in [0.15, 0.2) is 18.2 Å². The number of amides is 1. The highest BCUT2D eigenvalue weighted by Gasteiger charge is 2.13. The molecule has 0 aliphatic rings. The summed E-state index contributed by atoms with van der Waals surface area (Å²) in [5, 5.41) is 12.0. The molecular formula is C20H24ClN5O4. The minimum atomic E-state index is -0.252. The molecule has 2 aromatic heterocycles. The molecule has 160 valence electrons. The molecule has 0 bridgehead atoms. The molecular weight excluding hydrogens is 410 g/mol. The Morgan fingerprint density at radius 3 is 2.50 bits per heavy atom. The maximum absolute atomic E-state index is 12.3. The fourth-order valence-corrected chi connectivity index (χ4v) is 2.94. The van der Waals surface area contributed by atoms with Gasteiger partial charge in [0.05, 0.1) is 24.9 Å². The van der Waals surface area contributed by atoms with Gasteiger partial charge in [-0.3, -0.25) is 9.48 Å². The van der Waals surface area contributed by atoms with Crippen LogP contribution in [0.5, 0.6) is 17.2 Å². The first kappa shape index (κ1) is 21.5. The number of carbonyl (C=O) groups is 1. The van der Waals surface area contributed by atoms with Crippen LogP contribution in [-0.4, -0.2) is 46.2 Å². The molecule has 1 aromatic carbocycles. The standard InChI is InChI=1S/C20H24ClN5O4/c1-14-15(21)12-25(23-14)10-5-9-22-20(27)16-8-11-26(24-16)13-30-19-17(28-2)6-4-7-18(19)29-3/h4,6-8,11-12H,5,9-10,13H2,1-3H3,(H,22,27). The van der Waals surface area contributed by atoms with Crippen molar-refractivity contribution in [2.24, 2.45) is 0 Å². The van der Waals surface area contributed by atoms with Crippen molar-refractivity contribution in [1.29, 1.82) is 0 Å². The molecule has 0 radical (unpaired) electrons. The third-order valence-corrected chi connectivity index (χ3v) is 4.70. The minimum absolute atomic E-state index is 0.101. The molecule has 0 saturated carbocycles. The number of nitrogens with one attached hydrogen (secondary N) is 1. The number of benzene rings is 1. The van der Waals surface area contributed by atoms with E-state index in [0.717, 1.165) is 12.1 Å². The quantitative estimate of drug-likeness (QED) is 0.494. The van der Waals surface area contributed by atoms with E-state index in [1.165, 1.54) is 4.68 Å². The van der Waals surface area contributed by atoms with Gasteiger partial charge in [0.2, 0.25) is 5.75 Å². The third-order valence-electron chi connectivity index (χ3n) is 4.33. The fourth-order valence-electron chi connectivity index (χ4n) is 2.79. The molecule has 3 rings (SSSR count). The molecule has 0 spiro atoms. The van der Waals surface area contributed by atoms with Gasteiger partial charge in [-0.2, -0.15) is 10.2 Å². The molecule has 30 heavy (non-hydrogen) atoms. The van der Waals surface area contributed by atoms with E-state index in [1.54, 1.807) is 49.5 Å². The molecule has 10 heteroatoms. The van der Waals surface area contributed by atoms with Gasteiger partial charge in [0.1, 0.15) is 5.69 Å². The number of aromatic nitrogens is 4. The van der Waals surface area contributed by atoms with Crippen LogP contribution in [0, 0.1) is 6.92 Å². The van der Waals surface area contributed by atoms with E-state index in [1.807, 2.05) is 13.0 Å². The SMILES string of the molecule is COc1cccc(OC)c1OCn1ccc(C(=O)NCCCn2cc(Cl)c(C)n2)n1. The second-order valence-corrected chi connectivity index (χ2v) is 6.85. The molecule has 9 nitrogen and oxygen atoms in total. The number of para-hydroxylation sites is 1. The predicted octanol–water partition coefficient (Wildman–Crippen LogP) is 2.92. The van der Waals surface area contributed by atoms with Crippen LogP contribution in [-0.2, 0) is 13.3 Å². The van der Waals surface area contributed by atoms with Crippen molar-refractivity contribution in [3.63, 3.8) is 0 Å². The van der Waals surface area contributed by atoms with Crippen molar-refractivity contribution < 1.29 is 19.0 Å². The Bertz CT molecular complexity index is 959. The number of ether oxygens (including phenoxy) is 3. The Morgan fingerprint density at radius 1 is 1.13 bits per heavy atom. The number of hydrogen-bond donors (Lipinski definition) is 1. The Morgan fingerprint density at radius 2 is 1.87 bits per heavy atom. The summed E-state index contributed by atoms with van der Waals surface area (Å²) in [6.45, 7) is 3.11. The molecule has 0 unspecified atom stereocenters. The zero-order valence-electron chi connectivity index (χ0n) is 17.1. The maximum atomic E-state index is 12.3. The van der Waals surface area contributed by atoms with E-state index >= 15 is 0 Å². The summed E-state index contributed by atoms with van der Waals surface area (Å²) in [4.78, 5) is 12.3. The first-order valence-corrected chi connectivity index (χ1v) is 9.74. The van der Waals surface area contributed by atoms with Gasteiger partial charge >= 0.3 is 0 Å². The molecule has 0 atom stereocenters. The van der Waals surface area contributed by atoms with Crippen molar-refractivity contribution >= 4 is 17.5 Å². The second-order valence-electron chi connectivity index (χ2n) is 6.44. The summed E-state index contributed by atoms with van der Waals surface area (Å²) in [6.07, 6.45) is 4.17. The van der Waals surface area contributed by atoms with Gasteiger partial charge in [-0.15, -0.1) is 0 Å². The summed E-state index contributed by atoms with van der Waals surface area (Å²) < 4.78 is 19.7. The number of aryl methyl sites for hydroxylation is 2. The predicted molar refractivity (Wildman–Crippen MR) is 111 cm³/mol. The summed E-state index contributed by atoms with van der Waals surface area (Å²) in [5.41, 5.74) is 1.10. The van der Waals surface area contributed by atoms with Crippen LogP contribution in [0.1, 0.15) is 22.6 Å². The van der Waals surface area contributed by atoms with E-state index < -0.39 is 0 Å². The summed E-state index contributed by atoms with van der Waals surface area (Å²) in [7, 11) is 3.11. The zero-order chi connectivity index (χ0) is 21.5. The Hall–Kier alpha value is -3.20. The average Bonchev–Trinajstić information content (AvgIpc) is 3.35. The van der Waals surface area contributed by atoms with Crippen LogP contribution >= 0.6 is 11.6 Å². The van der Waals surface area contributed by atoms with Crippen LogP contribution in [0.25, 0.3) is 0 Å². The number of halogens is 1. The molecule has 2 heterocycles. The number of methoxy groups -OCH3 is 2. The second kappa shape index (κ2) is 10.0. The lowest BCUT2D eigenvalue weighted by Gasteiger charge is -2.13. The summed E-state index contributed by atoms with van der Waals surface area (Å²) in [5.74, 6) is 1.32. The van der Waals surface area contributed by atoms with Crippen LogP contribution in [0.15, 0.2) is 36.7 Å². The molecule has 0 aliphatic heterocycles. The van der Waals surface area contributed by atoms with Gasteiger partial charge in [-0.05, 0) is 31.5 Å². The van der Waals surface area contributed by atoms with E-state index in [0.29, 0.717) is 41.1 Å². The van der Waals surface area contributed by atoms with Crippen molar-refractivity contribution in [2.75, 3.05) is 20.8 Å². The first-order chi connectivity index (χ1) is 14.5. The van der Waals surface area contributed by atoms with E-state index in [9.17, 15) is 4.79 Å². The topological polar surface area (TPSA) is 92.4 Å². The highest BCUT2D eigenvalue weighted by atomic mass is 35.5. The van der Waals surface area contributed by atoms with Crippen molar-refractivity contribution in [1.82, 2.24) is 24.9 Å². The summed E-state index contributed by atoms with van der Waals surface area (Å²) >= 11 is 5.99. The number of hydrogen-bond acceptors (Lipinski definition) is 6. The Kier molecular flexibility index (Phi) is 7.18. The first-order valence-electron chi connectivity index (χ1n) is 9.36. The summed E-state index contributed by atoms with van der Waals surface area (Å²) in [6, 6.07) is 6.99. The molecule has 1 N–H and O–H groups in total. The van der Waals surface area contributed by atoms with E-state index in [-0.39, 0.29) is 12.6 Å². The lowest BCUT2D eigenvalue weighted by atomic mass is 10.3. The van der Waals surface area contributed by atoms with Gasteiger partial charge < -0.3 is 19.5 Å². The van der Waals surface area contributed by atoms with Crippen LogP contribution in [0.2, 0.25) is 5.02 Å². The number of rotatable bonds is 10. The molecule has 0 aliphatic carbocycles. The zero-order valence-corrected chi connectivity index (χ0v) is 17.8. The monoisotopic (exact) mass is 433 g/mol. The Balaban J connectivity index is 1.49. The van der Waals surface area contributed by atoms with Crippen molar-refractivity contribution in [3.05, 3.63) is 53.1 Å². The number of nitrogens with zero attached hydrogens (tertiary/aromatic N) is 4. The molecule has 3 aromatic rings. The van der Waals surface area contributed by atoms with Gasteiger partial charge in [0, 0.05) is 25.5 Å². The van der Waals surface area contributed by atoms with Crippen molar-refractivity contribution in [2.45, 2.75) is 26.6 Å². The maximum Gasteiger partial charge on any atom is 0.271 e. The normalized spacial score (nSPS) is 10.7. The smallest absolute Gasteiger partial charge is 0.271 e. The minimum Gasteiger partial charge on any atom is -0.493 e. The highest BCUT2D eigenvalue weighted by Crippen LogP contribution is 2.36. The lowest BCUT2D eigenvalue weighted by Crippen LogP contribution is -2.26. The highest BCUT2D eigenvalue weighted by molar-refractivity contribution is 6.31. The van der Waals surface area contributed by atoms with Gasteiger partial charge in [-0.25, -0.2) is 4.68 Å². The van der Waals surface area contributed by atoms with Crippen molar-refractivity contribution in [3.8, 4) is 17.2 Å². The lowest BCUT2D eigenvalue weighted by molar-refractivity contribution is 0.0945. The fraction of sp³-hybridized carbons (Fsp3) is 0.350. The van der Waals surface area contributed by atoms with Gasteiger partial charge in [-0.1, -0.05) is 17.7 Å². The van der Waals surface area contributed by atoms with E-state index in [4.69, 9.17) is 25.8 Å².